The zero-order valence-corrected chi connectivity index (χ0v) is 19.3. The normalized spacial score (nSPS) is 16.0. The number of carbonyl (C=O) groups is 2. The number of nitro groups is 1. The minimum atomic E-state index is -1.09. The zero-order chi connectivity index (χ0) is 24.0. The molecule has 1 aromatic carbocycles. The number of methoxy groups -OCH3 is 1. The molecule has 2 amide bonds. The number of hydrogen-bond donors (Lipinski definition) is 2. The molecule has 0 saturated heterocycles. The first kappa shape index (κ1) is 25.0. The van der Waals surface area contributed by atoms with E-state index in [1.165, 1.54) is 19.2 Å². The molecule has 1 aliphatic heterocycles. The summed E-state index contributed by atoms with van der Waals surface area (Å²) in [7, 11) is 1.38. The van der Waals surface area contributed by atoms with Crippen molar-refractivity contribution in [1.29, 1.82) is 0 Å². The Labute approximate surface area is 187 Å². The average molecular weight is 450 g/mol. The van der Waals surface area contributed by atoms with Gasteiger partial charge in [0.05, 0.1) is 47.5 Å². The van der Waals surface area contributed by atoms with Crippen molar-refractivity contribution in [3.05, 3.63) is 39.1 Å². The van der Waals surface area contributed by atoms with Crippen LogP contribution in [0, 0.1) is 10.1 Å². The van der Waals surface area contributed by atoms with Crippen LogP contribution in [0.3, 0.4) is 0 Å². The highest BCUT2D eigenvalue weighted by Gasteiger charge is 2.38. The van der Waals surface area contributed by atoms with Crippen molar-refractivity contribution >= 4 is 17.7 Å². The number of allylic oxidation sites excluding steroid dienone is 1. The second kappa shape index (κ2) is 10.8. The summed E-state index contributed by atoms with van der Waals surface area (Å²) in [5, 5.41) is 17.2. The lowest BCUT2D eigenvalue weighted by Gasteiger charge is -2.30. The van der Waals surface area contributed by atoms with E-state index >= 15 is 0 Å². The topological polar surface area (TPSA) is 129 Å². The fraction of sp³-hybridized carbons (Fsp3) is 0.545. The Morgan fingerprint density at radius 1 is 1.19 bits per heavy atom. The second-order valence-corrected chi connectivity index (χ2v) is 7.97. The molecule has 1 aromatic rings. The highest BCUT2D eigenvalue weighted by atomic mass is 16.6. The number of amides is 2. The van der Waals surface area contributed by atoms with Gasteiger partial charge >= 0.3 is 12.0 Å². The van der Waals surface area contributed by atoms with Gasteiger partial charge in [-0.1, -0.05) is 13.3 Å². The Hall–Kier alpha value is -3.30. The molecular weight excluding hydrogens is 418 g/mol. The third kappa shape index (κ3) is 5.89. The monoisotopic (exact) mass is 449 g/mol. The van der Waals surface area contributed by atoms with Crippen molar-refractivity contribution in [2.75, 3.05) is 7.11 Å². The van der Waals surface area contributed by atoms with Crippen LogP contribution in [0.2, 0.25) is 0 Å². The minimum absolute atomic E-state index is 0.103. The Morgan fingerprint density at radius 3 is 2.41 bits per heavy atom. The Morgan fingerprint density at radius 2 is 1.88 bits per heavy atom. The van der Waals surface area contributed by atoms with Crippen LogP contribution in [-0.4, -0.2) is 36.2 Å². The van der Waals surface area contributed by atoms with Gasteiger partial charge in [0.15, 0.2) is 11.5 Å². The Balaban J connectivity index is 2.75. The lowest BCUT2D eigenvalue weighted by molar-refractivity contribution is -0.385. The van der Waals surface area contributed by atoms with Crippen molar-refractivity contribution in [2.24, 2.45) is 0 Å². The van der Waals surface area contributed by atoms with Crippen LogP contribution in [0.4, 0.5) is 10.5 Å². The lowest BCUT2D eigenvalue weighted by Crippen LogP contribution is -2.46. The summed E-state index contributed by atoms with van der Waals surface area (Å²) >= 11 is 0. The molecule has 0 saturated carbocycles. The maximum absolute atomic E-state index is 13.0. The summed E-state index contributed by atoms with van der Waals surface area (Å²) in [5.74, 6) is -0.210. The molecule has 32 heavy (non-hydrogen) atoms. The van der Waals surface area contributed by atoms with Crippen molar-refractivity contribution in [3.8, 4) is 11.5 Å². The number of nitrogens with one attached hydrogen (secondary N) is 2. The maximum Gasteiger partial charge on any atom is 0.338 e. The van der Waals surface area contributed by atoms with Crippen LogP contribution in [-0.2, 0) is 9.53 Å². The summed E-state index contributed by atoms with van der Waals surface area (Å²) in [5.41, 5.74) is 0.319. The van der Waals surface area contributed by atoms with E-state index in [9.17, 15) is 19.7 Å². The number of ether oxygens (including phenoxy) is 3. The van der Waals surface area contributed by atoms with Gasteiger partial charge in [0.1, 0.15) is 0 Å². The van der Waals surface area contributed by atoms with Crippen LogP contribution >= 0.6 is 0 Å². The molecule has 0 bridgehead atoms. The first-order valence-electron chi connectivity index (χ1n) is 10.6. The van der Waals surface area contributed by atoms with Gasteiger partial charge in [0.2, 0.25) is 0 Å². The van der Waals surface area contributed by atoms with E-state index in [0.717, 1.165) is 6.42 Å². The number of nitro benzene ring substituents is 1. The van der Waals surface area contributed by atoms with Gasteiger partial charge in [-0.15, -0.1) is 0 Å². The first-order valence-corrected chi connectivity index (χ1v) is 10.6. The van der Waals surface area contributed by atoms with Gasteiger partial charge in [0.25, 0.3) is 5.69 Å². The number of esters is 1. The number of nitrogens with zero attached hydrogens (tertiary/aromatic N) is 1. The molecule has 2 N–H and O–H groups in total. The molecule has 1 heterocycles. The van der Waals surface area contributed by atoms with Crippen LogP contribution < -0.4 is 20.1 Å². The van der Waals surface area contributed by atoms with Gasteiger partial charge in [-0.25, -0.2) is 9.59 Å². The molecule has 10 nitrogen and oxygen atoms in total. The van der Waals surface area contributed by atoms with Crippen LogP contribution in [0.1, 0.15) is 65.5 Å². The minimum Gasteiger partial charge on any atom is -0.493 e. The molecule has 0 spiro atoms. The SMILES string of the molecule is CCCCC1=C(C(=O)OC(C)C)C(c2cc(OC(C)C)c(OC)cc2[N+](=O)[O-])NC(=O)N1. The summed E-state index contributed by atoms with van der Waals surface area (Å²) < 4.78 is 16.5. The Bertz CT molecular complexity index is 909. The van der Waals surface area contributed by atoms with Gasteiger partial charge in [-0.2, -0.15) is 0 Å². The first-order chi connectivity index (χ1) is 15.1. The fourth-order valence-corrected chi connectivity index (χ4v) is 3.38. The smallest absolute Gasteiger partial charge is 0.338 e. The number of urea groups is 1. The summed E-state index contributed by atoms with van der Waals surface area (Å²) in [6.45, 7) is 9.01. The molecule has 2 rings (SSSR count). The van der Waals surface area contributed by atoms with E-state index in [1.54, 1.807) is 27.7 Å². The summed E-state index contributed by atoms with van der Waals surface area (Å²) in [6, 6.07) is 1.02. The molecular formula is C22H31N3O7. The van der Waals surface area contributed by atoms with Gasteiger partial charge in [-0.3, -0.25) is 10.1 Å². The van der Waals surface area contributed by atoms with E-state index < -0.39 is 29.1 Å². The number of hydrogen-bond acceptors (Lipinski definition) is 7. The standard InChI is InChI=1S/C22H31N3O7/c1-7-8-9-15-19(21(26)32-13(4)5)20(24-22(27)23-15)14-10-18(31-12(2)3)17(30-6)11-16(14)25(28)29/h10-13,20H,7-9H2,1-6H3,(H2,23,24,27). The van der Waals surface area contributed by atoms with E-state index in [2.05, 4.69) is 10.6 Å². The van der Waals surface area contributed by atoms with Crippen LogP contribution in [0.25, 0.3) is 0 Å². The van der Waals surface area contributed by atoms with Crippen molar-refractivity contribution < 1.29 is 28.7 Å². The second-order valence-electron chi connectivity index (χ2n) is 7.97. The highest BCUT2D eigenvalue weighted by Crippen LogP contribution is 2.41. The zero-order valence-electron chi connectivity index (χ0n) is 19.3. The molecule has 0 radical (unpaired) electrons. The number of unbranched alkanes of at least 4 members (excludes halogenated alkanes) is 1. The molecule has 10 heteroatoms. The lowest BCUT2D eigenvalue weighted by atomic mass is 9.92. The summed E-state index contributed by atoms with van der Waals surface area (Å²) in [6.07, 6.45) is 1.32. The molecule has 0 fully saturated rings. The summed E-state index contributed by atoms with van der Waals surface area (Å²) in [4.78, 5) is 36.8. The average Bonchev–Trinajstić information content (AvgIpc) is 2.70. The van der Waals surface area contributed by atoms with E-state index in [1.807, 2.05) is 6.92 Å². The molecule has 1 unspecified atom stereocenters. The van der Waals surface area contributed by atoms with Gasteiger partial charge < -0.3 is 24.8 Å². The molecule has 0 aliphatic carbocycles. The molecule has 1 aliphatic rings. The third-order valence-electron chi connectivity index (χ3n) is 4.68. The van der Waals surface area contributed by atoms with E-state index in [4.69, 9.17) is 14.2 Å². The fourth-order valence-electron chi connectivity index (χ4n) is 3.38. The van der Waals surface area contributed by atoms with E-state index in [0.29, 0.717) is 18.5 Å². The number of benzene rings is 1. The van der Waals surface area contributed by atoms with Crippen molar-refractivity contribution in [3.63, 3.8) is 0 Å². The molecule has 1 atom stereocenters. The number of rotatable bonds is 10. The number of carbonyl (C=O) groups excluding carboxylic acids is 2. The van der Waals surface area contributed by atoms with E-state index in [-0.39, 0.29) is 34.4 Å². The van der Waals surface area contributed by atoms with Crippen molar-refractivity contribution in [2.45, 2.75) is 72.1 Å². The third-order valence-corrected chi connectivity index (χ3v) is 4.68. The quantitative estimate of drug-likeness (QED) is 0.312. The largest absolute Gasteiger partial charge is 0.493 e. The van der Waals surface area contributed by atoms with Gasteiger partial charge in [-0.05, 0) is 46.6 Å². The predicted molar refractivity (Wildman–Crippen MR) is 118 cm³/mol. The highest BCUT2D eigenvalue weighted by molar-refractivity contribution is 5.95. The van der Waals surface area contributed by atoms with Crippen molar-refractivity contribution in [1.82, 2.24) is 10.6 Å². The molecule has 0 aromatic heterocycles. The molecule has 176 valence electrons. The maximum atomic E-state index is 13.0. The van der Waals surface area contributed by atoms with Gasteiger partial charge in [0, 0.05) is 5.70 Å². The Kier molecular flexibility index (Phi) is 8.45. The van der Waals surface area contributed by atoms with Crippen LogP contribution in [0.15, 0.2) is 23.4 Å². The predicted octanol–water partition coefficient (Wildman–Crippen LogP) is 4.14. The van der Waals surface area contributed by atoms with Crippen LogP contribution in [0.5, 0.6) is 11.5 Å².